The summed E-state index contributed by atoms with van der Waals surface area (Å²) in [5.74, 6) is -0.0197. The molecule has 1 N–H and O–H groups in total. The van der Waals surface area contributed by atoms with E-state index in [2.05, 4.69) is 5.32 Å². The van der Waals surface area contributed by atoms with Gasteiger partial charge in [0.1, 0.15) is 12.6 Å². The first-order valence-corrected chi connectivity index (χ1v) is 13.2. The molecule has 10 heteroatoms. The Bertz CT molecular complexity index is 1140. The van der Waals surface area contributed by atoms with Crippen LogP contribution in [0.4, 0.5) is 5.69 Å². The summed E-state index contributed by atoms with van der Waals surface area (Å²) in [4.78, 5) is 27.9. The van der Waals surface area contributed by atoms with E-state index < -0.39 is 28.5 Å². The third kappa shape index (κ3) is 7.35. The number of aryl methyl sites for hydroxylation is 1. The Morgan fingerprint density at radius 2 is 1.71 bits per heavy atom. The van der Waals surface area contributed by atoms with E-state index in [1.165, 1.54) is 25.2 Å². The molecule has 0 aromatic heterocycles. The van der Waals surface area contributed by atoms with Gasteiger partial charge in [-0.2, -0.15) is 0 Å². The molecule has 0 saturated carbocycles. The Balaban J connectivity index is 2.48. The number of ether oxygens (including phenoxy) is 2. The first-order valence-electron chi connectivity index (χ1n) is 11.4. The maximum absolute atomic E-state index is 13.6. The van der Waals surface area contributed by atoms with Crippen molar-refractivity contribution in [2.24, 2.45) is 0 Å². The molecule has 2 aromatic carbocycles. The number of hydrogen-bond acceptors (Lipinski definition) is 6. The Kier molecular flexibility index (Phi) is 9.94. The second-order valence-electron chi connectivity index (χ2n) is 8.14. The van der Waals surface area contributed by atoms with Crippen molar-refractivity contribution in [2.75, 3.05) is 37.9 Å². The van der Waals surface area contributed by atoms with Crippen LogP contribution < -0.4 is 19.1 Å². The average Bonchev–Trinajstić information content (AvgIpc) is 2.81. The second kappa shape index (κ2) is 12.4. The van der Waals surface area contributed by atoms with Gasteiger partial charge in [-0.05, 0) is 38.0 Å². The Morgan fingerprint density at radius 3 is 2.26 bits per heavy atom. The van der Waals surface area contributed by atoms with Crippen LogP contribution in [0.15, 0.2) is 42.5 Å². The molecule has 0 saturated heterocycles. The van der Waals surface area contributed by atoms with Crippen molar-refractivity contribution in [3.8, 4) is 11.5 Å². The predicted molar refractivity (Wildman–Crippen MR) is 136 cm³/mol. The van der Waals surface area contributed by atoms with Gasteiger partial charge < -0.3 is 19.7 Å². The highest BCUT2D eigenvalue weighted by Crippen LogP contribution is 2.32. The molecule has 0 radical (unpaired) electrons. The Morgan fingerprint density at radius 1 is 1.03 bits per heavy atom. The summed E-state index contributed by atoms with van der Waals surface area (Å²) in [5.41, 5.74) is 2.11. The summed E-state index contributed by atoms with van der Waals surface area (Å²) < 4.78 is 37.0. The van der Waals surface area contributed by atoms with Crippen molar-refractivity contribution in [1.29, 1.82) is 0 Å². The zero-order valence-electron chi connectivity index (χ0n) is 21.2. The quantitative estimate of drug-likeness (QED) is 0.476. The highest BCUT2D eigenvalue weighted by Gasteiger charge is 2.31. The van der Waals surface area contributed by atoms with Crippen molar-refractivity contribution in [1.82, 2.24) is 10.2 Å². The highest BCUT2D eigenvalue weighted by molar-refractivity contribution is 7.92. The lowest BCUT2D eigenvalue weighted by molar-refractivity contribution is -0.140. The monoisotopic (exact) mass is 505 g/mol. The molecule has 2 amide bonds. The number of anilines is 1. The fourth-order valence-corrected chi connectivity index (χ4v) is 4.65. The number of rotatable bonds is 12. The molecule has 0 heterocycles. The number of sulfonamides is 1. The van der Waals surface area contributed by atoms with Gasteiger partial charge >= 0.3 is 0 Å². The third-order valence-corrected chi connectivity index (χ3v) is 6.65. The van der Waals surface area contributed by atoms with Crippen LogP contribution in [0.2, 0.25) is 0 Å². The number of carbonyl (C=O) groups excluding carboxylic acids is 2. The number of nitrogens with one attached hydrogen (secondary N) is 1. The molecule has 2 rings (SSSR count). The zero-order chi connectivity index (χ0) is 26.2. The van der Waals surface area contributed by atoms with Crippen LogP contribution in [0, 0.1) is 6.92 Å². The number of benzene rings is 2. The van der Waals surface area contributed by atoms with Crippen molar-refractivity contribution < 1.29 is 27.5 Å². The van der Waals surface area contributed by atoms with Crippen LogP contribution in [0.1, 0.15) is 31.4 Å². The van der Waals surface area contributed by atoms with E-state index in [0.29, 0.717) is 24.5 Å². The van der Waals surface area contributed by atoms with Crippen molar-refractivity contribution in [2.45, 2.75) is 39.8 Å². The van der Waals surface area contributed by atoms with Gasteiger partial charge in [0.15, 0.2) is 11.5 Å². The summed E-state index contributed by atoms with van der Waals surface area (Å²) >= 11 is 0. The number of amides is 2. The van der Waals surface area contributed by atoms with Gasteiger partial charge in [0, 0.05) is 19.2 Å². The van der Waals surface area contributed by atoms with E-state index in [-0.39, 0.29) is 18.1 Å². The van der Waals surface area contributed by atoms with Gasteiger partial charge in [-0.15, -0.1) is 0 Å². The lowest BCUT2D eigenvalue weighted by Crippen LogP contribution is -2.52. The molecule has 2 aromatic rings. The van der Waals surface area contributed by atoms with E-state index in [1.807, 2.05) is 38.1 Å². The molecule has 192 valence electrons. The van der Waals surface area contributed by atoms with E-state index in [4.69, 9.17) is 9.47 Å². The van der Waals surface area contributed by atoms with Crippen LogP contribution in [0.25, 0.3) is 0 Å². The number of methoxy groups -OCH3 is 2. The SMILES string of the molecule is CCNC(=O)C(CC)N(Cc1cccc(C)c1)C(=O)CN(c1ccc(OC)c(OC)c1)S(C)(=O)=O. The van der Waals surface area contributed by atoms with Gasteiger partial charge in [0.05, 0.1) is 26.2 Å². The largest absolute Gasteiger partial charge is 0.493 e. The number of nitrogens with zero attached hydrogens (tertiary/aromatic N) is 2. The van der Waals surface area contributed by atoms with Gasteiger partial charge in [0.2, 0.25) is 21.8 Å². The number of carbonyl (C=O) groups is 2. The maximum atomic E-state index is 13.6. The van der Waals surface area contributed by atoms with Crippen LogP contribution in [0.5, 0.6) is 11.5 Å². The standard InChI is InChI=1S/C25H35N3O6S/c1-7-21(25(30)26-8-2)27(16-19-11-9-10-18(3)14-19)24(29)17-28(35(6,31)32)20-12-13-22(33-4)23(15-20)34-5/h9-15,21H,7-8,16-17H2,1-6H3,(H,26,30). The van der Waals surface area contributed by atoms with Gasteiger partial charge in [0.25, 0.3) is 0 Å². The topological polar surface area (TPSA) is 105 Å². The van der Waals surface area contributed by atoms with Gasteiger partial charge in [-0.1, -0.05) is 36.8 Å². The molecule has 0 aliphatic heterocycles. The summed E-state index contributed by atoms with van der Waals surface area (Å²) in [7, 11) is -0.924. The lowest BCUT2D eigenvalue weighted by Gasteiger charge is -2.33. The van der Waals surface area contributed by atoms with Crippen molar-refractivity contribution >= 4 is 27.5 Å². The Hall–Kier alpha value is -3.27. The normalized spacial score (nSPS) is 11.9. The Labute approximate surface area is 208 Å². The molecule has 0 fully saturated rings. The van der Waals surface area contributed by atoms with E-state index in [1.54, 1.807) is 19.1 Å². The minimum Gasteiger partial charge on any atom is -0.493 e. The second-order valence-corrected chi connectivity index (χ2v) is 10.0. The van der Waals surface area contributed by atoms with Crippen molar-refractivity contribution in [3.63, 3.8) is 0 Å². The highest BCUT2D eigenvalue weighted by atomic mass is 32.2. The first kappa shape index (κ1) is 28.0. The van der Waals surface area contributed by atoms with E-state index in [0.717, 1.165) is 21.7 Å². The molecule has 0 aliphatic rings. The lowest BCUT2D eigenvalue weighted by atomic mass is 10.1. The fourth-order valence-electron chi connectivity index (χ4n) is 3.81. The molecule has 1 unspecified atom stereocenters. The van der Waals surface area contributed by atoms with E-state index in [9.17, 15) is 18.0 Å². The molecular weight excluding hydrogens is 470 g/mol. The minimum atomic E-state index is -3.84. The maximum Gasteiger partial charge on any atom is 0.244 e. The van der Waals surface area contributed by atoms with Crippen LogP contribution in [-0.2, 0) is 26.2 Å². The number of hydrogen-bond donors (Lipinski definition) is 1. The van der Waals surface area contributed by atoms with Crippen LogP contribution >= 0.6 is 0 Å². The van der Waals surface area contributed by atoms with Crippen molar-refractivity contribution in [3.05, 3.63) is 53.6 Å². The zero-order valence-corrected chi connectivity index (χ0v) is 22.0. The molecule has 35 heavy (non-hydrogen) atoms. The molecule has 0 aliphatic carbocycles. The minimum absolute atomic E-state index is 0.166. The summed E-state index contributed by atoms with van der Waals surface area (Å²) in [6.45, 7) is 5.68. The summed E-state index contributed by atoms with van der Waals surface area (Å²) in [5, 5.41) is 2.78. The predicted octanol–water partition coefficient (Wildman–Crippen LogP) is 2.72. The smallest absolute Gasteiger partial charge is 0.244 e. The van der Waals surface area contributed by atoms with Crippen LogP contribution in [0.3, 0.4) is 0 Å². The number of likely N-dealkylation sites (N-methyl/N-ethyl adjacent to an activating group) is 1. The van der Waals surface area contributed by atoms with Crippen LogP contribution in [-0.4, -0.2) is 64.7 Å². The first-order chi connectivity index (χ1) is 16.5. The summed E-state index contributed by atoms with van der Waals surface area (Å²) in [6.07, 6.45) is 1.40. The summed E-state index contributed by atoms with van der Waals surface area (Å²) in [6, 6.07) is 11.5. The average molecular weight is 506 g/mol. The molecule has 0 bridgehead atoms. The molecule has 0 spiro atoms. The molecular formula is C25H35N3O6S. The van der Waals surface area contributed by atoms with Gasteiger partial charge in [-0.25, -0.2) is 8.42 Å². The van der Waals surface area contributed by atoms with E-state index >= 15 is 0 Å². The molecule has 1 atom stereocenters. The third-order valence-electron chi connectivity index (χ3n) is 5.51. The fraction of sp³-hybridized carbons (Fsp3) is 0.440. The molecule has 9 nitrogen and oxygen atoms in total. The van der Waals surface area contributed by atoms with Gasteiger partial charge in [-0.3, -0.25) is 13.9 Å².